The zero-order chi connectivity index (χ0) is 19.8. The van der Waals surface area contributed by atoms with Crippen LogP contribution in [-0.2, 0) is 11.3 Å². The van der Waals surface area contributed by atoms with Gasteiger partial charge in [0.25, 0.3) is 0 Å². The van der Waals surface area contributed by atoms with Gasteiger partial charge < -0.3 is 15.8 Å². The fraction of sp³-hybridized carbons (Fsp3) is 0.318. The third-order valence-electron chi connectivity index (χ3n) is 4.47. The molecule has 5 nitrogen and oxygen atoms in total. The van der Waals surface area contributed by atoms with Crippen LogP contribution in [0.15, 0.2) is 47.4 Å². The van der Waals surface area contributed by atoms with Crippen LogP contribution in [0.3, 0.4) is 0 Å². The van der Waals surface area contributed by atoms with E-state index >= 15 is 0 Å². The number of ether oxygens (including phenoxy) is 1. The second-order valence-corrected chi connectivity index (χ2v) is 7.36. The molecule has 1 saturated heterocycles. The molecule has 3 rings (SSSR count). The van der Waals surface area contributed by atoms with Crippen molar-refractivity contribution in [3.8, 4) is 23.3 Å². The number of nitrogens with zero attached hydrogens (tertiary/aromatic N) is 1. The lowest BCUT2D eigenvalue weighted by atomic mass is 10.1. The van der Waals surface area contributed by atoms with Gasteiger partial charge in [0.05, 0.1) is 6.54 Å². The number of benzene rings is 2. The maximum atomic E-state index is 11.4. The lowest BCUT2D eigenvalue weighted by Gasteiger charge is -2.25. The minimum Gasteiger partial charge on any atom is -0.457 e. The average Bonchev–Trinajstić information content (AvgIpc) is 2.72. The van der Waals surface area contributed by atoms with E-state index in [2.05, 4.69) is 22.1 Å². The van der Waals surface area contributed by atoms with Crippen LogP contribution in [0.4, 0.5) is 0 Å². The van der Waals surface area contributed by atoms with Gasteiger partial charge in [-0.1, -0.05) is 11.8 Å². The zero-order valence-corrected chi connectivity index (χ0v) is 16.8. The predicted octanol–water partition coefficient (Wildman–Crippen LogP) is 2.83. The highest BCUT2D eigenvalue weighted by Crippen LogP contribution is 2.27. The van der Waals surface area contributed by atoms with Crippen LogP contribution < -0.4 is 15.8 Å². The van der Waals surface area contributed by atoms with Crippen LogP contribution in [0, 0.1) is 11.8 Å². The molecule has 0 aliphatic carbocycles. The van der Waals surface area contributed by atoms with E-state index in [4.69, 9.17) is 10.5 Å². The molecule has 0 atom stereocenters. The number of carbonyl (C=O) groups excluding carboxylic acids is 1. The minimum atomic E-state index is 0.0884. The Morgan fingerprint density at radius 3 is 2.79 bits per heavy atom. The Hall–Kier alpha value is -2.46. The van der Waals surface area contributed by atoms with E-state index in [1.807, 2.05) is 48.7 Å². The van der Waals surface area contributed by atoms with Gasteiger partial charge in [-0.3, -0.25) is 9.69 Å². The first kappa shape index (κ1) is 20.3. The Morgan fingerprint density at radius 2 is 2.07 bits per heavy atom. The Kier molecular flexibility index (Phi) is 7.38. The van der Waals surface area contributed by atoms with Crippen molar-refractivity contribution in [1.82, 2.24) is 10.2 Å². The highest BCUT2D eigenvalue weighted by molar-refractivity contribution is 7.98. The molecule has 2 aromatic carbocycles. The van der Waals surface area contributed by atoms with Gasteiger partial charge in [0, 0.05) is 48.6 Å². The maximum Gasteiger partial charge on any atom is 0.234 e. The smallest absolute Gasteiger partial charge is 0.234 e. The monoisotopic (exact) mass is 395 g/mol. The summed E-state index contributed by atoms with van der Waals surface area (Å²) in [4.78, 5) is 14.7. The number of hydrogen-bond acceptors (Lipinski definition) is 5. The predicted molar refractivity (Wildman–Crippen MR) is 114 cm³/mol. The Labute approximate surface area is 170 Å². The molecular formula is C22H25N3O2S. The van der Waals surface area contributed by atoms with Crippen LogP contribution in [-0.4, -0.2) is 43.2 Å². The van der Waals surface area contributed by atoms with E-state index in [1.165, 1.54) is 4.90 Å². The quantitative estimate of drug-likeness (QED) is 0.582. The summed E-state index contributed by atoms with van der Waals surface area (Å²) in [5.74, 6) is 8.01. The number of rotatable bonds is 6. The Morgan fingerprint density at radius 1 is 1.25 bits per heavy atom. The van der Waals surface area contributed by atoms with Crippen LogP contribution in [0.25, 0.3) is 0 Å². The first-order valence-corrected chi connectivity index (χ1v) is 10.5. The molecule has 1 aliphatic heterocycles. The molecule has 28 heavy (non-hydrogen) atoms. The Bertz CT molecular complexity index is 872. The highest BCUT2D eigenvalue weighted by Gasteiger charge is 2.14. The van der Waals surface area contributed by atoms with Gasteiger partial charge in [-0.25, -0.2) is 0 Å². The molecule has 0 radical (unpaired) electrons. The highest BCUT2D eigenvalue weighted by atomic mass is 32.2. The lowest BCUT2D eigenvalue weighted by molar-refractivity contribution is -0.124. The summed E-state index contributed by atoms with van der Waals surface area (Å²) in [6.07, 6.45) is 2.77. The molecule has 0 bridgehead atoms. The molecule has 3 N–H and O–H groups in total. The van der Waals surface area contributed by atoms with E-state index in [1.54, 1.807) is 11.8 Å². The number of amides is 1. The normalized spacial score (nSPS) is 14.1. The minimum absolute atomic E-state index is 0.0884. The molecule has 146 valence electrons. The summed E-state index contributed by atoms with van der Waals surface area (Å²) < 4.78 is 5.99. The molecular weight excluding hydrogens is 370 g/mol. The van der Waals surface area contributed by atoms with Crippen molar-refractivity contribution >= 4 is 17.7 Å². The number of carbonyl (C=O) groups is 1. The molecule has 0 spiro atoms. The van der Waals surface area contributed by atoms with Crippen molar-refractivity contribution < 1.29 is 9.53 Å². The largest absolute Gasteiger partial charge is 0.457 e. The third kappa shape index (κ3) is 5.77. The fourth-order valence-electron chi connectivity index (χ4n) is 2.95. The van der Waals surface area contributed by atoms with E-state index in [0.717, 1.165) is 42.1 Å². The van der Waals surface area contributed by atoms with Crippen LogP contribution in [0.2, 0.25) is 0 Å². The number of piperazine rings is 1. The fourth-order valence-corrected chi connectivity index (χ4v) is 3.36. The first-order chi connectivity index (χ1) is 13.7. The van der Waals surface area contributed by atoms with Crippen LogP contribution >= 0.6 is 11.8 Å². The lowest BCUT2D eigenvalue weighted by Crippen LogP contribution is -2.47. The van der Waals surface area contributed by atoms with Gasteiger partial charge in [0.1, 0.15) is 11.5 Å². The summed E-state index contributed by atoms with van der Waals surface area (Å²) in [5, 5.41) is 2.83. The molecule has 1 amide bonds. The summed E-state index contributed by atoms with van der Waals surface area (Å²) >= 11 is 1.70. The van der Waals surface area contributed by atoms with Gasteiger partial charge in [0.15, 0.2) is 0 Å². The zero-order valence-electron chi connectivity index (χ0n) is 16.0. The van der Waals surface area contributed by atoms with Crippen molar-refractivity contribution in [2.75, 3.05) is 32.4 Å². The van der Waals surface area contributed by atoms with E-state index in [-0.39, 0.29) is 5.91 Å². The number of thioether (sulfide) groups is 1. The van der Waals surface area contributed by atoms with E-state index in [0.29, 0.717) is 19.6 Å². The van der Waals surface area contributed by atoms with Crippen molar-refractivity contribution in [3.63, 3.8) is 0 Å². The Balaban J connectivity index is 1.60. The van der Waals surface area contributed by atoms with Crippen LogP contribution in [0.1, 0.15) is 17.5 Å². The summed E-state index contributed by atoms with van der Waals surface area (Å²) in [6.45, 7) is 3.25. The van der Waals surface area contributed by atoms with Crippen molar-refractivity contribution in [3.05, 3.63) is 53.6 Å². The SMILES string of the molecule is CSc1ccc(Oc2ccc(C#CCCN3CCNC(=O)C3)cc2CN)cc1. The van der Waals surface area contributed by atoms with Crippen molar-refractivity contribution in [1.29, 1.82) is 0 Å². The first-order valence-electron chi connectivity index (χ1n) is 9.31. The molecule has 1 heterocycles. The van der Waals surface area contributed by atoms with Crippen molar-refractivity contribution in [2.24, 2.45) is 5.73 Å². The van der Waals surface area contributed by atoms with Gasteiger partial charge in [-0.15, -0.1) is 11.8 Å². The summed E-state index contributed by atoms with van der Waals surface area (Å²) in [7, 11) is 0. The second kappa shape index (κ2) is 10.2. The number of hydrogen-bond donors (Lipinski definition) is 2. The molecule has 0 saturated carbocycles. The standard InChI is InChI=1S/C22H25N3O2S/c1-28-20-8-6-19(7-9-20)27-21-10-5-17(14-18(21)15-23)4-2-3-12-25-13-11-24-22(26)16-25/h5-10,14H,3,11-13,15-16,23H2,1H3,(H,24,26). The van der Waals surface area contributed by atoms with Gasteiger partial charge >= 0.3 is 0 Å². The molecule has 6 heteroatoms. The van der Waals surface area contributed by atoms with Crippen molar-refractivity contribution in [2.45, 2.75) is 17.9 Å². The number of nitrogens with two attached hydrogens (primary N) is 1. The maximum absolute atomic E-state index is 11.4. The van der Waals surface area contributed by atoms with E-state index < -0.39 is 0 Å². The van der Waals surface area contributed by atoms with Crippen LogP contribution in [0.5, 0.6) is 11.5 Å². The summed E-state index contributed by atoms with van der Waals surface area (Å²) in [6, 6.07) is 13.8. The molecule has 0 aromatic heterocycles. The molecule has 0 unspecified atom stereocenters. The topological polar surface area (TPSA) is 67.6 Å². The molecule has 2 aromatic rings. The average molecular weight is 396 g/mol. The number of nitrogens with one attached hydrogen (secondary N) is 1. The van der Waals surface area contributed by atoms with Gasteiger partial charge in [-0.05, 0) is 48.7 Å². The molecule has 1 aliphatic rings. The van der Waals surface area contributed by atoms with E-state index in [9.17, 15) is 4.79 Å². The second-order valence-electron chi connectivity index (χ2n) is 6.48. The van der Waals surface area contributed by atoms with Gasteiger partial charge in [-0.2, -0.15) is 0 Å². The molecule has 1 fully saturated rings. The summed E-state index contributed by atoms with van der Waals surface area (Å²) in [5.41, 5.74) is 7.75. The van der Waals surface area contributed by atoms with Gasteiger partial charge in [0.2, 0.25) is 5.91 Å². The third-order valence-corrected chi connectivity index (χ3v) is 5.21.